The second-order valence-electron chi connectivity index (χ2n) is 11.7. The molecule has 0 saturated carbocycles. The molecule has 0 unspecified atom stereocenters. The van der Waals surface area contributed by atoms with Crippen LogP contribution in [0.1, 0.15) is 0 Å². The van der Waals surface area contributed by atoms with E-state index in [0.717, 1.165) is 21.5 Å². The molecule has 11 aromatic rings. The van der Waals surface area contributed by atoms with Crippen LogP contribution >= 0.6 is 22.7 Å². The third kappa shape index (κ3) is 3.09. The third-order valence-electron chi connectivity index (χ3n) is 9.47. The number of para-hydroxylation sites is 1. The normalized spacial score (nSPS) is 12.4. The second kappa shape index (κ2) is 8.63. The average molecular weight is 608 g/mol. The number of benzene rings is 6. The Balaban J connectivity index is 1.38. The summed E-state index contributed by atoms with van der Waals surface area (Å²) >= 11 is 3.66. The molecule has 0 aliphatic rings. The Hall–Kier alpha value is -5.36. The maximum atomic E-state index is 4.86. The van der Waals surface area contributed by atoms with Gasteiger partial charge in [0.25, 0.3) is 0 Å². The van der Waals surface area contributed by atoms with Gasteiger partial charge in [0.2, 0.25) is 0 Å². The molecule has 0 N–H and O–H groups in total. The summed E-state index contributed by atoms with van der Waals surface area (Å²) in [5.74, 6) is 0. The summed E-state index contributed by atoms with van der Waals surface area (Å²) < 4.78 is 7.52. The van der Waals surface area contributed by atoms with Gasteiger partial charge in [0.05, 0.1) is 32.5 Å². The highest BCUT2D eigenvalue weighted by Gasteiger charge is 2.19. The minimum absolute atomic E-state index is 0.988. The molecule has 0 fully saturated rings. The lowest BCUT2D eigenvalue weighted by atomic mass is 10.0. The van der Waals surface area contributed by atoms with Gasteiger partial charge in [-0.25, -0.2) is 9.97 Å². The fraction of sp³-hybridized carbons (Fsp3) is 0. The highest BCUT2D eigenvalue weighted by atomic mass is 32.1. The highest BCUT2D eigenvalue weighted by molar-refractivity contribution is 7.26. The van der Waals surface area contributed by atoms with Gasteiger partial charge >= 0.3 is 0 Å². The molecule has 5 aromatic heterocycles. The molecule has 0 radical (unpaired) electrons. The van der Waals surface area contributed by atoms with Gasteiger partial charge in [-0.2, -0.15) is 0 Å². The van der Waals surface area contributed by atoms with Gasteiger partial charge in [-0.3, -0.25) is 0 Å². The molecule has 45 heavy (non-hydrogen) atoms. The van der Waals surface area contributed by atoms with Crippen molar-refractivity contribution in [1.82, 2.24) is 14.4 Å². The summed E-state index contributed by atoms with van der Waals surface area (Å²) in [4.78, 5) is 9.56. The molecule has 5 heterocycles. The zero-order valence-corrected chi connectivity index (χ0v) is 25.4. The second-order valence-corrected chi connectivity index (χ2v) is 13.9. The van der Waals surface area contributed by atoms with E-state index in [9.17, 15) is 0 Å². The Morgan fingerprint density at radius 3 is 2.02 bits per heavy atom. The lowest BCUT2D eigenvalue weighted by molar-refractivity contribution is 1.24. The van der Waals surface area contributed by atoms with E-state index in [2.05, 4.69) is 126 Å². The predicted octanol–water partition coefficient (Wildman–Crippen LogP) is 11.7. The molecule has 0 atom stereocenters. The number of rotatable bonds is 1. The van der Waals surface area contributed by atoms with Gasteiger partial charge < -0.3 is 4.40 Å². The molecule has 0 amide bonds. The van der Waals surface area contributed by atoms with E-state index in [4.69, 9.17) is 9.97 Å². The zero-order valence-electron chi connectivity index (χ0n) is 23.8. The van der Waals surface area contributed by atoms with Crippen LogP contribution in [0.25, 0.3) is 101 Å². The van der Waals surface area contributed by atoms with Crippen molar-refractivity contribution < 1.29 is 0 Å². The predicted molar refractivity (Wildman–Crippen MR) is 194 cm³/mol. The highest BCUT2D eigenvalue weighted by Crippen LogP contribution is 2.45. The van der Waals surface area contributed by atoms with Gasteiger partial charge in [-0.05, 0) is 52.6 Å². The van der Waals surface area contributed by atoms with Crippen LogP contribution in [-0.4, -0.2) is 14.4 Å². The number of thiophene rings is 2. The van der Waals surface area contributed by atoms with E-state index in [1.807, 2.05) is 11.3 Å². The molecule has 0 saturated heterocycles. The van der Waals surface area contributed by atoms with Crippen molar-refractivity contribution in [2.45, 2.75) is 0 Å². The summed E-state index contributed by atoms with van der Waals surface area (Å²) in [5.41, 5.74) is 6.80. The largest absolute Gasteiger partial charge is 0.308 e. The fourth-order valence-electron chi connectivity index (χ4n) is 7.62. The standard InChI is InChI=1S/C40H21N3S2/c1-2-9-24-23(8-1)25-11-6-16-33-35(25)36-31(14-7-17-34(36)44-33)43-30-19-18-22(20-29(30)27-13-5-12-26(24)39(27)43)37-40-38(42-21-41-37)28-10-3-4-15-32(28)45-40/h1-21H. The molecular formula is C40H21N3S2. The third-order valence-corrected chi connectivity index (χ3v) is 11.8. The van der Waals surface area contributed by atoms with Gasteiger partial charge in [-0.15, -0.1) is 22.7 Å². The van der Waals surface area contributed by atoms with Crippen LogP contribution in [0.2, 0.25) is 0 Å². The van der Waals surface area contributed by atoms with Gasteiger partial charge in [-0.1, -0.05) is 84.9 Å². The van der Waals surface area contributed by atoms with E-state index in [1.165, 1.54) is 79.1 Å². The Bertz CT molecular complexity index is 3050. The quantitative estimate of drug-likeness (QED) is 0.186. The summed E-state index contributed by atoms with van der Waals surface area (Å²) in [6.07, 6.45) is 1.71. The molecule has 0 aliphatic heterocycles. The van der Waals surface area contributed by atoms with Crippen molar-refractivity contribution in [3.05, 3.63) is 128 Å². The first-order valence-corrected chi connectivity index (χ1v) is 16.7. The van der Waals surface area contributed by atoms with E-state index in [0.29, 0.717) is 0 Å². The molecular weight excluding hydrogens is 587 g/mol. The Morgan fingerprint density at radius 1 is 0.467 bits per heavy atom. The summed E-state index contributed by atoms with van der Waals surface area (Å²) in [5, 5.41) is 11.4. The average Bonchev–Trinajstić information content (AvgIpc) is 3.78. The van der Waals surface area contributed by atoms with E-state index < -0.39 is 0 Å². The maximum Gasteiger partial charge on any atom is 0.116 e. The summed E-state index contributed by atoms with van der Waals surface area (Å²) in [6, 6.07) is 44.7. The van der Waals surface area contributed by atoms with Crippen molar-refractivity contribution in [3.63, 3.8) is 0 Å². The van der Waals surface area contributed by atoms with Crippen molar-refractivity contribution >= 4 is 112 Å². The molecule has 11 rings (SSSR count). The first-order chi connectivity index (χ1) is 22.3. The molecule has 0 aliphatic carbocycles. The van der Waals surface area contributed by atoms with E-state index in [-0.39, 0.29) is 0 Å². The minimum Gasteiger partial charge on any atom is -0.308 e. The molecule has 3 nitrogen and oxygen atoms in total. The minimum atomic E-state index is 0.988. The first-order valence-electron chi connectivity index (χ1n) is 15.1. The SMILES string of the molecule is c1ccc2c(c1)sc1c(-c3ccc4c(c3)c3cccc5c6ccccc6c6cccc7sc8cccc(c8c76)n4c53)ncnc12. The fourth-order valence-corrected chi connectivity index (χ4v) is 9.95. The maximum absolute atomic E-state index is 4.86. The molecule has 6 aromatic carbocycles. The van der Waals surface area contributed by atoms with Crippen molar-refractivity contribution in [2.75, 3.05) is 0 Å². The Labute approximate surface area is 264 Å². The molecule has 0 spiro atoms. The summed E-state index contributed by atoms with van der Waals surface area (Å²) in [7, 11) is 0. The van der Waals surface area contributed by atoms with Crippen molar-refractivity contribution in [3.8, 4) is 11.3 Å². The van der Waals surface area contributed by atoms with Crippen molar-refractivity contribution in [2.24, 2.45) is 0 Å². The van der Waals surface area contributed by atoms with E-state index >= 15 is 0 Å². The van der Waals surface area contributed by atoms with Gasteiger partial charge in [0, 0.05) is 52.0 Å². The molecule has 208 valence electrons. The zero-order chi connectivity index (χ0) is 29.2. The first kappa shape index (κ1) is 24.0. The molecule has 5 heteroatoms. The lowest BCUT2D eigenvalue weighted by Gasteiger charge is -2.05. The Morgan fingerprint density at radius 2 is 1.13 bits per heavy atom. The lowest BCUT2D eigenvalue weighted by Crippen LogP contribution is -1.88. The van der Waals surface area contributed by atoms with Crippen LogP contribution in [0.15, 0.2) is 128 Å². The van der Waals surface area contributed by atoms with Crippen LogP contribution in [-0.2, 0) is 0 Å². The monoisotopic (exact) mass is 607 g/mol. The van der Waals surface area contributed by atoms with Crippen LogP contribution in [0.5, 0.6) is 0 Å². The van der Waals surface area contributed by atoms with Crippen LogP contribution < -0.4 is 0 Å². The van der Waals surface area contributed by atoms with E-state index in [1.54, 1.807) is 17.7 Å². The Kier molecular flexibility index (Phi) is 4.61. The number of aromatic nitrogens is 3. The number of hydrogen-bond donors (Lipinski definition) is 0. The number of nitrogens with zero attached hydrogens (tertiary/aromatic N) is 3. The van der Waals surface area contributed by atoms with Gasteiger partial charge in [0.15, 0.2) is 0 Å². The number of hydrogen-bond acceptors (Lipinski definition) is 4. The van der Waals surface area contributed by atoms with Gasteiger partial charge in [0.1, 0.15) is 6.33 Å². The van der Waals surface area contributed by atoms with Crippen LogP contribution in [0.4, 0.5) is 0 Å². The summed E-state index contributed by atoms with van der Waals surface area (Å²) in [6.45, 7) is 0. The molecule has 0 bridgehead atoms. The smallest absolute Gasteiger partial charge is 0.116 e. The topological polar surface area (TPSA) is 30.2 Å². The van der Waals surface area contributed by atoms with Crippen LogP contribution in [0, 0.1) is 0 Å². The van der Waals surface area contributed by atoms with Crippen LogP contribution in [0.3, 0.4) is 0 Å². The van der Waals surface area contributed by atoms with Crippen molar-refractivity contribution in [1.29, 1.82) is 0 Å². The number of fused-ring (bicyclic) bond motifs is 10.